The second-order valence-corrected chi connectivity index (χ2v) is 20.4. The van der Waals surface area contributed by atoms with Crippen molar-refractivity contribution in [3.8, 4) is 5.75 Å². The van der Waals surface area contributed by atoms with E-state index in [0.29, 0.717) is 6.42 Å². The maximum absolute atomic E-state index is 14.2. The maximum atomic E-state index is 14.2. The number of anilines is 1. The fourth-order valence-corrected chi connectivity index (χ4v) is 6.02. The molecule has 9 nitrogen and oxygen atoms in total. The number of carbonyl (C=O) groups is 4. The number of aromatic carboxylic acids is 1. The van der Waals surface area contributed by atoms with Gasteiger partial charge in [-0.25, -0.2) is 4.79 Å². The average Bonchev–Trinajstić information content (AvgIpc) is 2.90. The molecule has 1 fully saturated rings. The van der Waals surface area contributed by atoms with Crippen LogP contribution in [0.5, 0.6) is 5.75 Å². The monoisotopic (exact) mass is 686 g/mol. The second-order valence-electron chi connectivity index (χ2n) is 20.4. The number of nitrogen functional groups attached to an aromatic ring is 1. The summed E-state index contributed by atoms with van der Waals surface area (Å²) in [4.78, 5) is 54.3. The van der Waals surface area contributed by atoms with Crippen molar-refractivity contribution in [2.45, 2.75) is 82.4 Å². The largest absolute Gasteiger partial charge is 0.478 e. The van der Waals surface area contributed by atoms with Gasteiger partial charge in [0.25, 0.3) is 0 Å². The van der Waals surface area contributed by atoms with E-state index in [1.165, 1.54) is 18.2 Å². The van der Waals surface area contributed by atoms with Gasteiger partial charge in [0, 0.05) is 30.9 Å². The highest BCUT2D eigenvalue weighted by atomic mass is 16.7. The summed E-state index contributed by atoms with van der Waals surface area (Å²) in [7, 11) is 31.1. The first-order valence-electron chi connectivity index (χ1n) is 18.4. The van der Waals surface area contributed by atoms with Gasteiger partial charge in [0.15, 0.2) is 0 Å². The Kier molecular flexibility index (Phi) is 14.0. The van der Waals surface area contributed by atoms with Crippen LogP contribution in [0.2, 0.25) is 31.0 Å². The summed E-state index contributed by atoms with van der Waals surface area (Å²) in [5, 5.41) is 8.32. The number of ether oxygens (including phenoxy) is 3. The predicted octanol–water partition coefficient (Wildman–Crippen LogP) is -10.6. The molecule has 51 heavy (non-hydrogen) atoms. The zero-order valence-corrected chi connectivity index (χ0v) is 34.6. The summed E-state index contributed by atoms with van der Waals surface area (Å²) >= 11 is 0. The molecule has 3 N–H and O–H groups in total. The van der Waals surface area contributed by atoms with Gasteiger partial charge in [-0.2, -0.15) is 0 Å². The topological polar surface area (TPSA) is 142 Å². The van der Waals surface area contributed by atoms with Gasteiger partial charge in [-0.3, -0.25) is 14.4 Å². The molecule has 1 aromatic rings. The van der Waals surface area contributed by atoms with E-state index < -0.39 is 40.9 Å². The van der Waals surface area contributed by atoms with Crippen molar-refractivity contribution in [3.63, 3.8) is 0 Å². The third-order valence-electron chi connectivity index (χ3n) is 12.8. The second kappa shape index (κ2) is 15.8. The number of nitrogens with two attached hydrogens (primary N) is 1. The minimum absolute atomic E-state index is 0.00159. The maximum Gasteiger partial charge on any atom is 0.339 e. The van der Waals surface area contributed by atoms with E-state index in [1.807, 2.05) is 15.7 Å². The number of carboxylic acid groups (broad SMARTS) is 1. The standard InChI is InChI=1S/C27H54B15NO8/c1-21(6-14(45)8-23(30,31)26(37,38)39)18(51-17(46)9-24(32,33)27(40,41)42)11(4-13(44)7-22(28,29)25(34,35)36)10-49-20(21)50-16-3-2-12(43)5-15(16)19(47)48/h2-3,5,11,18,20H,4,6-10,28-43H2,1H3,(H,47,48)/t11-,18+,20+,21?/m1/s1. The van der Waals surface area contributed by atoms with Gasteiger partial charge in [0.05, 0.1) is 130 Å². The Morgan fingerprint density at radius 3 is 1.75 bits per heavy atom. The Morgan fingerprint density at radius 2 is 1.27 bits per heavy atom. The highest BCUT2D eigenvalue weighted by Crippen LogP contribution is 2.49. The molecule has 24 heteroatoms. The molecule has 1 aliphatic heterocycles. The van der Waals surface area contributed by atoms with Crippen LogP contribution in [0, 0.1) is 11.3 Å². The minimum Gasteiger partial charge on any atom is -0.478 e. The summed E-state index contributed by atoms with van der Waals surface area (Å²) in [5.41, 5.74) is 4.70. The average molecular weight is 683 g/mol. The van der Waals surface area contributed by atoms with Crippen molar-refractivity contribution >= 4 is 147 Å². The van der Waals surface area contributed by atoms with Crippen LogP contribution >= 0.6 is 0 Å². The lowest BCUT2D eigenvalue weighted by Crippen LogP contribution is -2.59. The molecule has 2 rings (SSSR count). The Balaban J connectivity index is 2.73. The lowest BCUT2D eigenvalue weighted by Gasteiger charge is -2.50. The number of esters is 1. The van der Waals surface area contributed by atoms with Crippen LogP contribution in [-0.2, 0) is 23.9 Å². The van der Waals surface area contributed by atoms with E-state index in [-0.39, 0.29) is 86.6 Å². The summed E-state index contributed by atoms with van der Waals surface area (Å²) < 4.78 is 19.2. The zero-order valence-electron chi connectivity index (χ0n) is 34.6. The number of Topliss-reactive ketones (excluding diaryl/α,β-unsaturated/α-hetero) is 2. The summed E-state index contributed by atoms with van der Waals surface area (Å²) in [6.07, 6.45) is -1.49. The fourth-order valence-electron chi connectivity index (χ4n) is 6.02. The highest BCUT2D eigenvalue weighted by molar-refractivity contribution is 6.68. The molecule has 0 saturated carbocycles. The Bertz CT molecular complexity index is 1480. The highest BCUT2D eigenvalue weighted by Gasteiger charge is 2.56. The van der Waals surface area contributed by atoms with Gasteiger partial charge in [-0.15, -0.1) is 15.3 Å². The lowest BCUT2D eigenvalue weighted by atomic mass is 9.22. The Labute approximate surface area is 319 Å². The van der Waals surface area contributed by atoms with Crippen molar-refractivity contribution in [1.82, 2.24) is 0 Å². The molecule has 0 bridgehead atoms. The molecule has 1 aliphatic rings. The van der Waals surface area contributed by atoms with E-state index in [2.05, 4.69) is 102 Å². The van der Waals surface area contributed by atoms with Crippen molar-refractivity contribution in [3.05, 3.63) is 23.8 Å². The van der Waals surface area contributed by atoms with Crippen LogP contribution in [0.4, 0.5) is 5.69 Å². The van der Waals surface area contributed by atoms with Crippen molar-refractivity contribution in [1.29, 1.82) is 0 Å². The smallest absolute Gasteiger partial charge is 0.339 e. The molecule has 1 unspecified atom stereocenters. The first kappa shape index (κ1) is 45.2. The third-order valence-corrected chi connectivity index (χ3v) is 12.8. The molecule has 1 heterocycles. The van der Waals surface area contributed by atoms with E-state index in [4.69, 9.17) is 19.9 Å². The first-order chi connectivity index (χ1) is 22.7. The quantitative estimate of drug-likeness (QED) is 0.0931. The van der Waals surface area contributed by atoms with E-state index >= 15 is 0 Å². The van der Waals surface area contributed by atoms with Gasteiger partial charge >= 0.3 is 11.9 Å². The number of benzene rings is 1. The summed E-state index contributed by atoms with van der Waals surface area (Å²) in [6, 6.07) is 4.30. The molecule has 0 spiro atoms. The van der Waals surface area contributed by atoms with Gasteiger partial charge in [-0.1, -0.05) is 15.6 Å². The minimum atomic E-state index is -1.30. The van der Waals surface area contributed by atoms with Gasteiger partial charge in [-0.05, 0) is 38.0 Å². The SMILES string of the molecule is BC(B)(B)C(B)(B)CC(=O)C[C@@H]1CO[C@@H](Oc2ccc(N)cc2C(=O)O)C(C)(CC(=O)CC(B)(B)C(B)(B)B)[C@H]1OC(=O)CC(B)(B)C(B)(B)B. The molecular formula is C27H54B15NO8. The van der Waals surface area contributed by atoms with Crippen molar-refractivity contribution < 1.29 is 38.5 Å². The van der Waals surface area contributed by atoms with E-state index in [1.54, 1.807) is 6.92 Å². The van der Waals surface area contributed by atoms with Crippen LogP contribution in [-0.4, -0.2) is 165 Å². The zero-order chi connectivity index (χ0) is 39.8. The van der Waals surface area contributed by atoms with Crippen LogP contribution in [0.3, 0.4) is 0 Å². The molecule has 0 radical (unpaired) electrons. The number of carboxylic acids is 1. The summed E-state index contributed by atoms with van der Waals surface area (Å²) in [5.74, 6) is -2.32. The molecule has 0 amide bonds. The van der Waals surface area contributed by atoms with Gasteiger partial charge in [0.2, 0.25) is 6.29 Å². The molecular weight excluding hydrogens is 628 g/mol. The van der Waals surface area contributed by atoms with Crippen molar-refractivity contribution in [2.75, 3.05) is 12.3 Å². The van der Waals surface area contributed by atoms with Crippen LogP contribution < -0.4 is 10.5 Å². The predicted molar refractivity (Wildman–Crippen MR) is 247 cm³/mol. The van der Waals surface area contributed by atoms with E-state index in [9.17, 15) is 24.3 Å². The third kappa shape index (κ3) is 11.3. The molecule has 1 saturated heterocycles. The molecule has 0 aromatic heterocycles. The summed E-state index contributed by atoms with van der Waals surface area (Å²) in [6.45, 7) is 1.79. The Morgan fingerprint density at radius 1 is 0.804 bits per heavy atom. The van der Waals surface area contributed by atoms with Crippen LogP contribution in [0.25, 0.3) is 0 Å². The number of hydrogen-bond donors (Lipinski definition) is 2. The lowest BCUT2D eigenvalue weighted by molar-refractivity contribution is -0.253. The number of hydrogen-bond acceptors (Lipinski definition) is 8. The van der Waals surface area contributed by atoms with Crippen molar-refractivity contribution in [2.24, 2.45) is 11.3 Å². The fraction of sp³-hybridized carbons (Fsp3) is 0.630. The normalized spacial score (nSPS) is 22.0. The van der Waals surface area contributed by atoms with E-state index in [0.717, 1.165) is 0 Å². The number of rotatable bonds is 17. The van der Waals surface area contributed by atoms with Crippen LogP contribution in [0.15, 0.2) is 18.2 Å². The first-order valence-corrected chi connectivity index (χ1v) is 18.4. The Hall–Kier alpha value is -1.97. The molecule has 4 atom stereocenters. The number of carbonyl (C=O) groups excluding carboxylic acids is 3. The molecule has 260 valence electrons. The molecule has 0 aliphatic carbocycles. The molecule has 1 aromatic carbocycles. The van der Waals surface area contributed by atoms with Gasteiger partial charge < -0.3 is 25.1 Å². The van der Waals surface area contributed by atoms with Gasteiger partial charge in [0.1, 0.15) is 29.0 Å². The van der Waals surface area contributed by atoms with Crippen LogP contribution in [0.1, 0.15) is 49.4 Å². The number of ketones is 2.